The number of nitrogens with one attached hydrogen (secondary N) is 1. The predicted molar refractivity (Wildman–Crippen MR) is 102 cm³/mol. The van der Waals surface area contributed by atoms with E-state index in [0.29, 0.717) is 18.1 Å². The topological polar surface area (TPSA) is 85.4 Å². The van der Waals surface area contributed by atoms with Crippen molar-refractivity contribution in [1.29, 1.82) is 0 Å². The molecular weight excluding hydrogens is 324 g/mol. The summed E-state index contributed by atoms with van der Waals surface area (Å²) in [5.74, 6) is 2.00. The maximum absolute atomic E-state index is 6.08. The fraction of sp³-hybridized carbons (Fsp3) is 0.0500. The Kier molecular flexibility index (Phi) is 3.21. The van der Waals surface area contributed by atoms with Crippen LogP contribution in [0, 0.1) is 0 Å². The number of nitrogens with zero attached hydrogens (tertiary/aromatic N) is 4. The van der Waals surface area contributed by atoms with Crippen LogP contribution < -0.4 is 5.73 Å². The van der Waals surface area contributed by atoms with Crippen LogP contribution in [0.15, 0.2) is 66.9 Å². The van der Waals surface area contributed by atoms with Gasteiger partial charge < -0.3 is 10.7 Å². The van der Waals surface area contributed by atoms with Crippen molar-refractivity contribution in [2.24, 2.45) is 0 Å². The zero-order valence-electron chi connectivity index (χ0n) is 13.9. The number of aromatic amines is 1. The van der Waals surface area contributed by atoms with Crippen LogP contribution in [0.5, 0.6) is 0 Å². The summed E-state index contributed by atoms with van der Waals surface area (Å²) in [6, 6.07) is 20.2. The van der Waals surface area contributed by atoms with Gasteiger partial charge in [0, 0.05) is 11.9 Å². The maximum atomic E-state index is 6.08. The number of hydrogen-bond donors (Lipinski definition) is 2. The molecule has 0 aliphatic carbocycles. The predicted octanol–water partition coefficient (Wildman–Crippen LogP) is 3.47. The van der Waals surface area contributed by atoms with Crippen molar-refractivity contribution in [1.82, 2.24) is 24.5 Å². The standard InChI is InChI=1S/C20H16N6/c21-19-14-10-11-22-20(14)25-17(24-19)12-18-23-15-8-4-5-9-16(15)26(18)13-6-2-1-3-7-13/h1-11H,12H2,(H3,21,22,24,25). The number of imidazole rings is 1. The highest BCUT2D eigenvalue weighted by Crippen LogP contribution is 2.23. The van der Waals surface area contributed by atoms with Crippen LogP contribution in [0.1, 0.15) is 11.6 Å². The molecule has 0 aliphatic rings. The Labute approximate surface area is 149 Å². The fourth-order valence-corrected chi connectivity index (χ4v) is 3.29. The molecule has 5 rings (SSSR count). The molecule has 126 valence electrons. The monoisotopic (exact) mass is 340 g/mol. The summed E-state index contributed by atoms with van der Waals surface area (Å²) in [6.45, 7) is 0. The zero-order chi connectivity index (χ0) is 17.5. The molecule has 6 nitrogen and oxygen atoms in total. The van der Waals surface area contributed by atoms with Crippen LogP contribution in [0.25, 0.3) is 27.8 Å². The second kappa shape index (κ2) is 5.70. The average molecular weight is 340 g/mol. The SMILES string of the molecule is Nc1nc(Cc2nc3ccccc3n2-c2ccccc2)nc2[nH]ccc12. The van der Waals surface area contributed by atoms with Gasteiger partial charge >= 0.3 is 0 Å². The van der Waals surface area contributed by atoms with E-state index in [4.69, 9.17) is 10.7 Å². The minimum absolute atomic E-state index is 0.480. The minimum atomic E-state index is 0.480. The third-order valence-corrected chi connectivity index (χ3v) is 4.45. The van der Waals surface area contributed by atoms with Crippen molar-refractivity contribution in [3.63, 3.8) is 0 Å². The van der Waals surface area contributed by atoms with Crippen LogP contribution in [0.3, 0.4) is 0 Å². The lowest BCUT2D eigenvalue weighted by molar-refractivity contribution is 0.879. The Morgan fingerprint density at radius 1 is 0.885 bits per heavy atom. The van der Waals surface area contributed by atoms with Crippen molar-refractivity contribution in [3.8, 4) is 5.69 Å². The van der Waals surface area contributed by atoms with E-state index in [2.05, 4.69) is 37.7 Å². The molecule has 0 spiro atoms. The molecule has 3 aromatic heterocycles. The van der Waals surface area contributed by atoms with Gasteiger partial charge in [-0.1, -0.05) is 30.3 Å². The van der Waals surface area contributed by atoms with E-state index in [1.165, 1.54) is 0 Å². The lowest BCUT2D eigenvalue weighted by atomic mass is 10.2. The summed E-state index contributed by atoms with van der Waals surface area (Å²) in [6.07, 6.45) is 2.31. The molecule has 0 saturated heterocycles. The zero-order valence-corrected chi connectivity index (χ0v) is 13.9. The largest absolute Gasteiger partial charge is 0.383 e. The minimum Gasteiger partial charge on any atom is -0.383 e. The third-order valence-electron chi connectivity index (χ3n) is 4.45. The quantitative estimate of drug-likeness (QED) is 0.526. The van der Waals surface area contributed by atoms with E-state index in [1.807, 2.05) is 48.7 Å². The first kappa shape index (κ1) is 14.7. The molecule has 0 amide bonds. The number of hydrogen-bond acceptors (Lipinski definition) is 4. The average Bonchev–Trinajstić information content (AvgIpc) is 3.27. The van der Waals surface area contributed by atoms with Gasteiger partial charge in [-0.15, -0.1) is 0 Å². The highest BCUT2D eigenvalue weighted by molar-refractivity contribution is 5.85. The van der Waals surface area contributed by atoms with Crippen molar-refractivity contribution in [3.05, 3.63) is 78.5 Å². The van der Waals surface area contributed by atoms with E-state index in [-0.39, 0.29) is 0 Å². The Morgan fingerprint density at radius 2 is 1.69 bits per heavy atom. The van der Waals surface area contributed by atoms with Crippen molar-refractivity contribution in [2.45, 2.75) is 6.42 Å². The van der Waals surface area contributed by atoms with Crippen LogP contribution >= 0.6 is 0 Å². The Balaban J connectivity index is 1.68. The van der Waals surface area contributed by atoms with Gasteiger partial charge in [0.2, 0.25) is 0 Å². The first-order valence-electron chi connectivity index (χ1n) is 8.41. The van der Waals surface area contributed by atoms with Crippen LogP contribution in [-0.4, -0.2) is 24.5 Å². The van der Waals surface area contributed by atoms with Crippen LogP contribution in [0.4, 0.5) is 5.82 Å². The molecule has 3 heterocycles. The van der Waals surface area contributed by atoms with E-state index in [0.717, 1.165) is 33.6 Å². The second-order valence-corrected chi connectivity index (χ2v) is 6.13. The van der Waals surface area contributed by atoms with Crippen molar-refractivity contribution in [2.75, 3.05) is 5.73 Å². The maximum Gasteiger partial charge on any atom is 0.143 e. The molecule has 2 aromatic carbocycles. The molecule has 0 radical (unpaired) electrons. The fourth-order valence-electron chi connectivity index (χ4n) is 3.29. The molecule has 0 atom stereocenters. The number of H-pyrrole nitrogens is 1. The molecule has 0 fully saturated rings. The number of aromatic nitrogens is 5. The molecule has 3 N–H and O–H groups in total. The smallest absolute Gasteiger partial charge is 0.143 e. The van der Waals surface area contributed by atoms with Gasteiger partial charge in [-0.25, -0.2) is 15.0 Å². The van der Waals surface area contributed by atoms with Crippen LogP contribution in [-0.2, 0) is 6.42 Å². The lowest BCUT2D eigenvalue weighted by Crippen LogP contribution is -2.06. The molecule has 5 aromatic rings. The molecule has 26 heavy (non-hydrogen) atoms. The van der Waals surface area contributed by atoms with Gasteiger partial charge in [0.1, 0.15) is 23.1 Å². The number of benzene rings is 2. The molecule has 0 aliphatic heterocycles. The highest BCUT2D eigenvalue weighted by Gasteiger charge is 2.15. The first-order chi connectivity index (χ1) is 12.8. The number of fused-ring (bicyclic) bond motifs is 2. The van der Waals surface area contributed by atoms with Crippen molar-refractivity contribution < 1.29 is 0 Å². The van der Waals surface area contributed by atoms with E-state index in [9.17, 15) is 0 Å². The molecule has 0 unspecified atom stereocenters. The van der Waals surface area contributed by atoms with Gasteiger partial charge in [0.05, 0.1) is 22.8 Å². The van der Waals surface area contributed by atoms with Gasteiger partial charge in [-0.05, 0) is 30.3 Å². The Bertz CT molecular complexity index is 1220. The summed E-state index contributed by atoms with van der Waals surface area (Å²) < 4.78 is 2.15. The number of nitrogen functional groups attached to an aromatic ring is 1. The number of para-hydroxylation sites is 3. The Hall–Kier alpha value is -3.67. The lowest BCUT2D eigenvalue weighted by Gasteiger charge is -2.09. The summed E-state index contributed by atoms with van der Waals surface area (Å²) in [5, 5.41) is 0.838. The molecule has 6 heteroatoms. The summed E-state index contributed by atoms with van der Waals surface area (Å²) in [5.41, 5.74) is 9.89. The molecule has 0 bridgehead atoms. The molecule has 0 saturated carbocycles. The first-order valence-corrected chi connectivity index (χ1v) is 8.41. The summed E-state index contributed by atoms with van der Waals surface area (Å²) in [7, 11) is 0. The van der Waals surface area contributed by atoms with Gasteiger partial charge in [-0.3, -0.25) is 4.57 Å². The second-order valence-electron chi connectivity index (χ2n) is 6.13. The summed E-state index contributed by atoms with van der Waals surface area (Å²) in [4.78, 5) is 17.0. The molecular formula is C20H16N6. The Morgan fingerprint density at radius 3 is 2.58 bits per heavy atom. The van der Waals surface area contributed by atoms with E-state index >= 15 is 0 Å². The van der Waals surface area contributed by atoms with E-state index in [1.54, 1.807) is 0 Å². The number of anilines is 1. The normalized spacial score (nSPS) is 11.4. The summed E-state index contributed by atoms with van der Waals surface area (Å²) >= 11 is 0. The van der Waals surface area contributed by atoms with Gasteiger partial charge in [-0.2, -0.15) is 0 Å². The van der Waals surface area contributed by atoms with E-state index < -0.39 is 0 Å². The highest BCUT2D eigenvalue weighted by atomic mass is 15.1. The number of rotatable bonds is 3. The number of nitrogens with two attached hydrogens (primary N) is 1. The van der Waals surface area contributed by atoms with Crippen molar-refractivity contribution >= 4 is 27.9 Å². The van der Waals surface area contributed by atoms with Crippen LogP contribution in [0.2, 0.25) is 0 Å². The van der Waals surface area contributed by atoms with Gasteiger partial charge in [0.15, 0.2) is 0 Å². The third kappa shape index (κ3) is 2.31. The van der Waals surface area contributed by atoms with Gasteiger partial charge in [0.25, 0.3) is 0 Å².